The van der Waals surface area contributed by atoms with Gasteiger partial charge >= 0.3 is 0 Å². The Kier molecular flexibility index (Phi) is 5.91. The summed E-state index contributed by atoms with van der Waals surface area (Å²) in [4.78, 5) is 17.3. The van der Waals surface area contributed by atoms with Crippen LogP contribution in [0.25, 0.3) is 0 Å². The van der Waals surface area contributed by atoms with Crippen LogP contribution in [0.2, 0.25) is 0 Å². The van der Waals surface area contributed by atoms with Crippen molar-refractivity contribution in [3.63, 3.8) is 0 Å². The van der Waals surface area contributed by atoms with E-state index in [0.717, 1.165) is 69.9 Å². The smallest absolute Gasteiger partial charge is 0.257 e. The van der Waals surface area contributed by atoms with Crippen molar-refractivity contribution < 1.29 is 4.79 Å². The maximum atomic E-state index is 12.8. The van der Waals surface area contributed by atoms with Crippen molar-refractivity contribution in [1.82, 2.24) is 24.1 Å². The van der Waals surface area contributed by atoms with Gasteiger partial charge in [-0.2, -0.15) is 5.10 Å². The van der Waals surface area contributed by atoms with Gasteiger partial charge in [-0.25, -0.2) is 0 Å². The highest BCUT2D eigenvalue weighted by atomic mass is 16.2. The number of carbonyl (C=O) groups excluding carboxylic acids is 1. The first-order valence-corrected chi connectivity index (χ1v) is 9.34. The van der Waals surface area contributed by atoms with E-state index in [1.54, 1.807) is 6.20 Å². The molecule has 6 nitrogen and oxygen atoms in total. The Balaban J connectivity index is 1.50. The fourth-order valence-corrected chi connectivity index (χ4v) is 3.54. The van der Waals surface area contributed by atoms with Crippen LogP contribution in [0.3, 0.4) is 0 Å². The number of hydrogen-bond acceptors (Lipinski definition) is 3. The zero-order valence-corrected chi connectivity index (χ0v) is 15.4. The first-order valence-electron chi connectivity index (χ1n) is 9.34. The van der Waals surface area contributed by atoms with Gasteiger partial charge in [-0.15, -0.1) is 0 Å². The second-order valence-corrected chi connectivity index (χ2v) is 6.72. The minimum Gasteiger partial charge on any atom is -0.354 e. The standard InChI is InChI=1S/C19H29N5O/c1-3-24-17(2)18(16-20-24)19(25)23-13-7-12-22(14-15-23)11-6-10-21-8-4-5-9-21/h4-5,8-9,16H,3,6-7,10-15H2,1-2H3. The Labute approximate surface area is 150 Å². The lowest BCUT2D eigenvalue weighted by Crippen LogP contribution is -2.35. The molecule has 1 fully saturated rings. The van der Waals surface area contributed by atoms with Crippen LogP contribution in [0.15, 0.2) is 30.7 Å². The highest BCUT2D eigenvalue weighted by Gasteiger charge is 2.23. The Morgan fingerprint density at radius 3 is 2.64 bits per heavy atom. The maximum absolute atomic E-state index is 12.8. The van der Waals surface area contributed by atoms with Crippen molar-refractivity contribution in [3.8, 4) is 0 Å². The van der Waals surface area contributed by atoms with Crippen LogP contribution in [0.4, 0.5) is 0 Å². The third-order valence-electron chi connectivity index (χ3n) is 5.07. The second kappa shape index (κ2) is 8.34. The molecule has 0 aliphatic carbocycles. The summed E-state index contributed by atoms with van der Waals surface area (Å²) >= 11 is 0. The lowest BCUT2D eigenvalue weighted by atomic mass is 10.2. The molecule has 0 spiro atoms. The summed E-state index contributed by atoms with van der Waals surface area (Å²) in [5.41, 5.74) is 1.73. The summed E-state index contributed by atoms with van der Waals surface area (Å²) in [6.07, 6.45) is 8.13. The average molecular weight is 343 g/mol. The largest absolute Gasteiger partial charge is 0.354 e. The highest BCUT2D eigenvalue weighted by molar-refractivity contribution is 5.95. The highest BCUT2D eigenvalue weighted by Crippen LogP contribution is 2.13. The van der Waals surface area contributed by atoms with Gasteiger partial charge in [0, 0.05) is 50.8 Å². The van der Waals surface area contributed by atoms with Gasteiger partial charge in [0.25, 0.3) is 5.91 Å². The molecule has 1 amide bonds. The van der Waals surface area contributed by atoms with E-state index in [4.69, 9.17) is 0 Å². The molecule has 0 saturated carbocycles. The van der Waals surface area contributed by atoms with E-state index in [-0.39, 0.29) is 5.91 Å². The lowest BCUT2D eigenvalue weighted by molar-refractivity contribution is 0.0760. The first-order chi connectivity index (χ1) is 12.2. The van der Waals surface area contributed by atoms with Gasteiger partial charge in [0.05, 0.1) is 11.8 Å². The molecule has 6 heteroatoms. The molecule has 3 rings (SSSR count). The Morgan fingerprint density at radius 2 is 1.92 bits per heavy atom. The van der Waals surface area contributed by atoms with Gasteiger partial charge < -0.3 is 14.4 Å². The van der Waals surface area contributed by atoms with Crippen molar-refractivity contribution in [1.29, 1.82) is 0 Å². The predicted octanol–water partition coefficient (Wildman–Crippen LogP) is 2.25. The van der Waals surface area contributed by atoms with Gasteiger partial charge in [0.1, 0.15) is 0 Å². The van der Waals surface area contributed by atoms with Gasteiger partial charge in [-0.3, -0.25) is 9.48 Å². The summed E-state index contributed by atoms with van der Waals surface area (Å²) < 4.78 is 4.11. The average Bonchev–Trinajstić information content (AvgIpc) is 3.19. The zero-order chi connectivity index (χ0) is 17.6. The van der Waals surface area contributed by atoms with E-state index in [0.29, 0.717) is 0 Å². The predicted molar refractivity (Wildman–Crippen MR) is 98.6 cm³/mol. The normalized spacial score (nSPS) is 16.2. The van der Waals surface area contributed by atoms with E-state index in [1.165, 1.54) is 0 Å². The van der Waals surface area contributed by atoms with Crippen molar-refractivity contribution in [2.24, 2.45) is 0 Å². The van der Waals surface area contributed by atoms with Crippen LogP contribution in [0, 0.1) is 6.92 Å². The molecule has 0 atom stereocenters. The van der Waals surface area contributed by atoms with E-state index >= 15 is 0 Å². The third-order valence-corrected chi connectivity index (χ3v) is 5.07. The van der Waals surface area contributed by atoms with E-state index < -0.39 is 0 Å². The zero-order valence-electron chi connectivity index (χ0n) is 15.4. The fourth-order valence-electron chi connectivity index (χ4n) is 3.54. The molecule has 0 radical (unpaired) electrons. The molecule has 25 heavy (non-hydrogen) atoms. The van der Waals surface area contributed by atoms with Crippen molar-refractivity contribution in [2.45, 2.75) is 39.8 Å². The molecule has 3 heterocycles. The van der Waals surface area contributed by atoms with E-state index in [9.17, 15) is 4.79 Å². The van der Waals surface area contributed by atoms with Crippen LogP contribution in [-0.4, -0.2) is 62.8 Å². The summed E-state index contributed by atoms with van der Waals surface area (Å²) in [5, 5.41) is 4.31. The molecular weight excluding hydrogens is 314 g/mol. The Morgan fingerprint density at radius 1 is 1.12 bits per heavy atom. The van der Waals surface area contributed by atoms with E-state index in [1.807, 2.05) is 23.4 Å². The van der Waals surface area contributed by atoms with Gasteiger partial charge in [0.15, 0.2) is 0 Å². The van der Waals surface area contributed by atoms with Gasteiger partial charge in [0.2, 0.25) is 0 Å². The third kappa shape index (κ3) is 4.31. The van der Waals surface area contributed by atoms with Crippen molar-refractivity contribution in [2.75, 3.05) is 32.7 Å². The molecule has 0 unspecified atom stereocenters. The molecule has 136 valence electrons. The van der Waals surface area contributed by atoms with Crippen LogP contribution in [0.1, 0.15) is 35.8 Å². The van der Waals surface area contributed by atoms with Crippen molar-refractivity contribution >= 4 is 5.91 Å². The number of aryl methyl sites for hydroxylation is 2. The minimum atomic E-state index is 0.131. The summed E-state index contributed by atoms with van der Waals surface area (Å²) in [6.45, 7) is 10.6. The second-order valence-electron chi connectivity index (χ2n) is 6.72. The van der Waals surface area contributed by atoms with Gasteiger partial charge in [-0.1, -0.05) is 0 Å². The number of nitrogens with zero attached hydrogens (tertiary/aromatic N) is 5. The van der Waals surface area contributed by atoms with Crippen LogP contribution >= 0.6 is 0 Å². The number of aromatic nitrogens is 3. The number of rotatable bonds is 6. The summed E-state index contributed by atoms with van der Waals surface area (Å²) in [5.74, 6) is 0.131. The molecule has 2 aromatic rings. The van der Waals surface area contributed by atoms with Crippen molar-refractivity contribution in [3.05, 3.63) is 42.0 Å². The van der Waals surface area contributed by atoms with Gasteiger partial charge in [-0.05, 0) is 51.9 Å². The molecule has 2 aromatic heterocycles. The molecule has 0 aromatic carbocycles. The molecule has 0 bridgehead atoms. The minimum absolute atomic E-state index is 0.131. The Bertz CT molecular complexity index is 676. The molecule has 1 saturated heterocycles. The number of carbonyl (C=O) groups is 1. The molecule has 0 N–H and O–H groups in total. The quantitative estimate of drug-likeness (QED) is 0.808. The monoisotopic (exact) mass is 343 g/mol. The van der Waals surface area contributed by atoms with E-state index in [2.05, 4.69) is 39.1 Å². The topological polar surface area (TPSA) is 46.3 Å². The molecular formula is C19H29N5O. The van der Waals surface area contributed by atoms with Crippen LogP contribution in [-0.2, 0) is 13.1 Å². The fraction of sp³-hybridized carbons (Fsp3) is 0.579. The SMILES string of the molecule is CCn1ncc(C(=O)N2CCCN(CCCn3cccc3)CC2)c1C. The number of amides is 1. The van der Waals surface area contributed by atoms with Crippen LogP contribution < -0.4 is 0 Å². The lowest BCUT2D eigenvalue weighted by Gasteiger charge is -2.22. The Hall–Kier alpha value is -2.08. The first kappa shape index (κ1) is 17.7. The summed E-state index contributed by atoms with van der Waals surface area (Å²) in [6, 6.07) is 4.14. The molecule has 1 aliphatic heterocycles. The number of hydrogen-bond donors (Lipinski definition) is 0. The maximum Gasteiger partial charge on any atom is 0.257 e. The van der Waals surface area contributed by atoms with Crippen LogP contribution in [0.5, 0.6) is 0 Å². The summed E-state index contributed by atoms with van der Waals surface area (Å²) in [7, 11) is 0. The molecule has 1 aliphatic rings.